The lowest BCUT2D eigenvalue weighted by molar-refractivity contribution is 0.0980. The molecule has 2 rings (SSSR count). The SMILES string of the molecule is N#[N+]/C=C(\O)CCC(=O)c1cccc2ccccc12. The number of carbonyl (C=O) groups excluding carboxylic acids is 1. The third kappa shape index (κ3) is 2.96. The number of allylic oxidation sites excluding steroid dienone is 1. The third-order valence-electron chi connectivity index (χ3n) is 2.91. The lowest BCUT2D eigenvalue weighted by atomic mass is 9.99. The van der Waals surface area contributed by atoms with Gasteiger partial charge in [-0.3, -0.25) is 4.79 Å². The number of ketones is 1. The van der Waals surface area contributed by atoms with Gasteiger partial charge in [0.15, 0.2) is 16.5 Å². The summed E-state index contributed by atoms with van der Waals surface area (Å²) < 4.78 is 0. The molecule has 0 amide bonds. The maximum atomic E-state index is 12.1. The highest BCUT2D eigenvalue weighted by molar-refractivity contribution is 6.08. The van der Waals surface area contributed by atoms with Gasteiger partial charge in [-0.25, -0.2) is 0 Å². The number of rotatable bonds is 4. The van der Waals surface area contributed by atoms with Crippen molar-refractivity contribution in [3.8, 4) is 0 Å². The first kappa shape index (κ1) is 12.8. The zero-order chi connectivity index (χ0) is 13.7. The number of aliphatic hydroxyl groups is 1. The number of carbonyl (C=O) groups is 1. The molecule has 0 aliphatic rings. The molecule has 94 valence electrons. The van der Waals surface area contributed by atoms with E-state index in [2.05, 4.69) is 4.98 Å². The lowest BCUT2D eigenvalue weighted by Crippen LogP contribution is -2.00. The summed E-state index contributed by atoms with van der Waals surface area (Å²) in [5.41, 5.74) is 0.645. The van der Waals surface area contributed by atoms with Gasteiger partial charge in [-0.1, -0.05) is 42.5 Å². The van der Waals surface area contributed by atoms with E-state index in [0.717, 1.165) is 17.0 Å². The molecule has 0 saturated heterocycles. The smallest absolute Gasteiger partial charge is 0.387 e. The van der Waals surface area contributed by atoms with Gasteiger partial charge in [0, 0.05) is 18.4 Å². The standard InChI is InChI=1S/C15H12N2O2/c16-17-10-12(18)8-9-15(19)14-7-3-5-11-4-1-2-6-13(11)14/h1-7,10H,8-9H2/p+1/b12-10-. The Balaban J connectivity index is 2.23. The van der Waals surface area contributed by atoms with E-state index in [9.17, 15) is 9.90 Å². The quantitative estimate of drug-likeness (QED) is 0.507. The van der Waals surface area contributed by atoms with Crippen molar-refractivity contribution in [3.63, 3.8) is 0 Å². The van der Waals surface area contributed by atoms with Crippen molar-refractivity contribution in [3.05, 3.63) is 65.0 Å². The van der Waals surface area contributed by atoms with Crippen molar-refractivity contribution in [2.75, 3.05) is 0 Å². The van der Waals surface area contributed by atoms with Crippen molar-refractivity contribution < 1.29 is 9.90 Å². The molecule has 19 heavy (non-hydrogen) atoms. The topological polar surface area (TPSA) is 65.4 Å². The Hall–Kier alpha value is -2.67. The van der Waals surface area contributed by atoms with Crippen molar-refractivity contribution >= 4 is 16.6 Å². The number of aliphatic hydroxyl groups excluding tert-OH is 1. The molecule has 4 nitrogen and oxygen atoms in total. The summed E-state index contributed by atoms with van der Waals surface area (Å²) in [6.45, 7) is 0. The molecule has 0 spiro atoms. The van der Waals surface area contributed by atoms with Crippen LogP contribution in [-0.2, 0) is 0 Å². The van der Waals surface area contributed by atoms with Gasteiger partial charge in [0.1, 0.15) is 0 Å². The molecule has 0 atom stereocenters. The van der Waals surface area contributed by atoms with E-state index < -0.39 is 0 Å². The summed E-state index contributed by atoms with van der Waals surface area (Å²) >= 11 is 0. The van der Waals surface area contributed by atoms with Gasteiger partial charge in [0.2, 0.25) is 5.39 Å². The molecule has 0 unspecified atom stereocenters. The Labute approximate surface area is 110 Å². The second kappa shape index (κ2) is 5.78. The van der Waals surface area contributed by atoms with E-state index in [1.54, 1.807) is 6.07 Å². The lowest BCUT2D eigenvalue weighted by Gasteiger charge is -2.04. The molecular weight excluding hydrogens is 240 g/mol. The Kier molecular flexibility index (Phi) is 3.89. The van der Waals surface area contributed by atoms with Gasteiger partial charge < -0.3 is 5.11 Å². The number of hydrogen-bond donors (Lipinski definition) is 1. The molecule has 0 aliphatic carbocycles. The molecular formula is C15H13N2O2+. The number of hydrogen-bond acceptors (Lipinski definition) is 3. The van der Waals surface area contributed by atoms with Crippen LogP contribution in [-0.4, -0.2) is 10.9 Å². The third-order valence-corrected chi connectivity index (χ3v) is 2.91. The van der Waals surface area contributed by atoms with Gasteiger partial charge in [-0.2, -0.15) is 0 Å². The molecule has 0 aliphatic heterocycles. The fraction of sp³-hybridized carbons (Fsp3) is 0.133. The molecule has 4 heteroatoms. The predicted octanol–water partition coefficient (Wildman–Crippen LogP) is 4.06. The van der Waals surface area contributed by atoms with Crippen LogP contribution in [0.5, 0.6) is 0 Å². The highest BCUT2D eigenvalue weighted by Crippen LogP contribution is 2.20. The summed E-state index contributed by atoms with van der Waals surface area (Å²) in [5, 5.41) is 19.5. The van der Waals surface area contributed by atoms with Crippen LogP contribution < -0.4 is 0 Å². The van der Waals surface area contributed by atoms with E-state index >= 15 is 0 Å². The largest absolute Gasteiger partial charge is 0.505 e. The van der Waals surface area contributed by atoms with Crippen LogP contribution >= 0.6 is 0 Å². The number of nitrogens with zero attached hydrogens (tertiary/aromatic N) is 2. The van der Waals surface area contributed by atoms with Crippen molar-refractivity contribution in [1.29, 1.82) is 5.39 Å². The Bertz CT molecular complexity index is 679. The van der Waals surface area contributed by atoms with Crippen LogP contribution in [0.25, 0.3) is 15.7 Å². The van der Waals surface area contributed by atoms with Crippen LogP contribution in [0.3, 0.4) is 0 Å². The molecule has 2 aromatic carbocycles. The Morgan fingerprint density at radius 1 is 1.16 bits per heavy atom. The molecule has 0 radical (unpaired) electrons. The molecule has 0 bridgehead atoms. The zero-order valence-electron chi connectivity index (χ0n) is 10.3. The van der Waals surface area contributed by atoms with Crippen molar-refractivity contribution in [2.24, 2.45) is 0 Å². The highest BCUT2D eigenvalue weighted by Gasteiger charge is 2.11. The van der Waals surface area contributed by atoms with Crippen molar-refractivity contribution in [2.45, 2.75) is 12.8 Å². The maximum absolute atomic E-state index is 12.1. The first-order valence-electron chi connectivity index (χ1n) is 5.95. The molecule has 1 N–H and O–H groups in total. The molecule has 0 heterocycles. The van der Waals surface area contributed by atoms with Gasteiger partial charge in [-0.15, -0.1) is 0 Å². The van der Waals surface area contributed by atoms with Crippen molar-refractivity contribution in [1.82, 2.24) is 0 Å². The first-order chi connectivity index (χ1) is 9.22. The summed E-state index contributed by atoms with van der Waals surface area (Å²) in [5.74, 6) is -0.161. The summed E-state index contributed by atoms with van der Waals surface area (Å²) in [6, 6.07) is 13.2. The minimum atomic E-state index is -0.115. The monoisotopic (exact) mass is 253 g/mol. The first-order valence-corrected chi connectivity index (χ1v) is 5.95. The van der Waals surface area contributed by atoms with Gasteiger partial charge >= 0.3 is 6.20 Å². The van der Waals surface area contributed by atoms with Gasteiger partial charge in [0.05, 0.1) is 0 Å². The van der Waals surface area contributed by atoms with Crippen LogP contribution in [0.4, 0.5) is 0 Å². The van der Waals surface area contributed by atoms with E-state index in [1.165, 1.54) is 0 Å². The number of benzene rings is 2. The molecule has 0 aromatic heterocycles. The van der Waals surface area contributed by atoms with E-state index in [-0.39, 0.29) is 24.4 Å². The van der Waals surface area contributed by atoms with Crippen LogP contribution in [0, 0.1) is 5.39 Å². The van der Waals surface area contributed by atoms with Gasteiger partial charge in [0.25, 0.3) is 0 Å². The number of diazo groups is 1. The Morgan fingerprint density at radius 2 is 1.89 bits per heavy atom. The fourth-order valence-electron chi connectivity index (χ4n) is 1.98. The summed E-state index contributed by atoms with van der Waals surface area (Å²) in [6.07, 6.45) is 1.26. The highest BCUT2D eigenvalue weighted by atomic mass is 16.3. The van der Waals surface area contributed by atoms with E-state index in [0.29, 0.717) is 5.56 Å². The summed E-state index contributed by atoms with van der Waals surface area (Å²) in [7, 11) is 0. The zero-order valence-corrected chi connectivity index (χ0v) is 10.3. The minimum Gasteiger partial charge on any atom is -0.505 e. The number of fused-ring (bicyclic) bond motifs is 1. The predicted molar refractivity (Wildman–Crippen MR) is 73.3 cm³/mol. The van der Waals surface area contributed by atoms with E-state index in [1.807, 2.05) is 36.4 Å². The normalized spacial score (nSPS) is 11.2. The van der Waals surface area contributed by atoms with E-state index in [4.69, 9.17) is 5.39 Å². The van der Waals surface area contributed by atoms with Crippen LogP contribution in [0.2, 0.25) is 0 Å². The molecule has 0 saturated carbocycles. The average molecular weight is 253 g/mol. The second-order valence-corrected chi connectivity index (χ2v) is 4.19. The molecule has 0 fully saturated rings. The van der Waals surface area contributed by atoms with Gasteiger partial charge in [-0.05, 0) is 10.8 Å². The average Bonchev–Trinajstić information content (AvgIpc) is 2.44. The minimum absolute atomic E-state index is 0.0466. The summed E-state index contributed by atoms with van der Waals surface area (Å²) in [4.78, 5) is 14.8. The Morgan fingerprint density at radius 3 is 2.68 bits per heavy atom. The number of Topliss-reactive ketones (excluding diaryl/α,β-unsaturated/α-hetero) is 1. The van der Waals surface area contributed by atoms with Crippen LogP contribution in [0.15, 0.2) is 54.4 Å². The molecule has 2 aromatic rings. The fourth-order valence-corrected chi connectivity index (χ4v) is 1.98. The maximum Gasteiger partial charge on any atom is 0.387 e. The second-order valence-electron chi connectivity index (χ2n) is 4.19. The van der Waals surface area contributed by atoms with Crippen LogP contribution in [0.1, 0.15) is 23.2 Å².